The molecule has 0 radical (unpaired) electrons. The zero-order chi connectivity index (χ0) is 14.8. The molecule has 4 heteroatoms. The highest BCUT2D eigenvalue weighted by atomic mass is 31.2. The molecule has 2 aromatic heterocycles. The van der Waals surface area contributed by atoms with Crippen LogP contribution >= 0.6 is 8.45 Å². The smallest absolute Gasteiger partial charge is 0.317 e. The van der Waals surface area contributed by atoms with Gasteiger partial charge in [0.2, 0.25) is 0 Å². The normalized spacial score (nSPS) is 11.1. The summed E-state index contributed by atoms with van der Waals surface area (Å²) in [5.74, 6) is 0.909. The van der Waals surface area contributed by atoms with E-state index in [-0.39, 0.29) is 0 Å². The number of nitrogens with zero attached hydrogens (tertiary/aromatic N) is 2. The fourth-order valence-corrected chi connectivity index (χ4v) is 3.98. The van der Waals surface area contributed by atoms with Gasteiger partial charge in [-0.2, -0.15) is 0 Å². The van der Waals surface area contributed by atoms with Crippen LogP contribution in [0.3, 0.4) is 0 Å². The standard InChI is InChI=1S/C18H15N2OP/c1-2-10-17-16(8-1)9-7-11-18(17)21-22(19-12-3-4-13-19)20-14-5-6-15-20/h1-15H. The maximum Gasteiger partial charge on any atom is 0.317 e. The van der Waals surface area contributed by atoms with E-state index in [4.69, 9.17) is 4.52 Å². The molecule has 4 rings (SSSR count). The van der Waals surface area contributed by atoms with Crippen molar-refractivity contribution < 1.29 is 4.52 Å². The molecule has 0 aliphatic rings. The Morgan fingerprint density at radius 1 is 0.636 bits per heavy atom. The molecule has 22 heavy (non-hydrogen) atoms. The van der Waals surface area contributed by atoms with Crippen molar-refractivity contribution in [3.05, 3.63) is 91.5 Å². The monoisotopic (exact) mass is 306 g/mol. The van der Waals surface area contributed by atoms with E-state index < -0.39 is 8.45 Å². The van der Waals surface area contributed by atoms with E-state index in [0.29, 0.717) is 0 Å². The lowest BCUT2D eigenvalue weighted by molar-refractivity contribution is 0.599. The van der Waals surface area contributed by atoms with Gasteiger partial charge in [0.05, 0.1) is 0 Å². The average molecular weight is 306 g/mol. The molecular formula is C18H15N2OP. The zero-order valence-corrected chi connectivity index (χ0v) is 12.8. The second kappa shape index (κ2) is 5.70. The topological polar surface area (TPSA) is 19.1 Å². The van der Waals surface area contributed by atoms with Crippen molar-refractivity contribution in [3.63, 3.8) is 0 Å². The van der Waals surface area contributed by atoms with E-state index in [9.17, 15) is 0 Å². The van der Waals surface area contributed by atoms with Crippen LogP contribution in [0.4, 0.5) is 0 Å². The Hall–Kier alpha value is -2.51. The first kappa shape index (κ1) is 13.2. The predicted molar refractivity (Wildman–Crippen MR) is 91.2 cm³/mol. The van der Waals surface area contributed by atoms with Gasteiger partial charge in [0.25, 0.3) is 0 Å². The van der Waals surface area contributed by atoms with Crippen LogP contribution in [0.1, 0.15) is 0 Å². The largest absolute Gasteiger partial charge is 0.435 e. The lowest BCUT2D eigenvalue weighted by Gasteiger charge is -2.20. The predicted octanol–water partition coefficient (Wildman–Crippen LogP) is 5.15. The van der Waals surface area contributed by atoms with Gasteiger partial charge in [-0.25, -0.2) is 0 Å². The second-order valence-electron chi connectivity index (χ2n) is 4.95. The van der Waals surface area contributed by atoms with Crippen molar-refractivity contribution in [2.75, 3.05) is 0 Å². The molecule has 0 saturated carbocycles. The minimum Gasteiger partial charge on any atom is -0.435 e. The molecule has 0 saturated heterocycles. The first-order valence-corrected chi connectivity index (χ1v) is 8.31. The molecule has 0 N–H and O–H groups in total. The Labute approximate surface area is 130 Å². The van der Waals surface area contributed by atoms with E-state index in [1.54, 1.807) is 0 Å². The van der Waals surface area contributed by atoms with Crippen LogP contribution in [0.2, 0.25) is 0 Å². The van der Waals surface area contributed by atoms with Gasteiger partial charge in [-0.15, -0.1) is 0 Å². The van der Waals surface area contributed by atoms with E-state index in [0.717, 1.165) is 11.1 Å². The molecule has 0 amide bonds. The minimum absolute atomic E-state index is 0.909. The maximum atomic E-state index is 6.41. The zero-order valence-electron chi connectivity index (χ0n) is 11.9. The van der Waals surface area contributed by atoms with Gasteiger partial charge in [-0.05, 0) is 35.7 Å². The Bertz CT molecular complexity index is 830. The molecule has 108 valence electrons. The van der Waals surface area contributed by atoms with Gasteiger partial charge in [0.15, 0.2) is 0 Å². The third-order valence-corrected chi connectivity index (χ3v) is 5.19. The Morgan fingerprint density at radius 2 is 1.23 bits per heavy atom. The summed E-state index contributed by atoms with van der Waals surface area (Å²) in [6, 6.07) is 22.6. The molecule has 2 aromatic carbocycles. The van der Waals surface area contributed by atoms with Crippen molar-refractivity contribution in [3.8, 4) is 5.75 Å². The van der Waals surface area contributed by atoms with Crippen LogP contribution in [0.5, 0.6) is 5.75 Å². The maximum absolute atomic E-state index is 6.41. The van der Waals surface area contributed by atoms with E-state index in [1.807, 2.05) is 73.3 Å². The average Bonchev–Trinajstić information content (AvgIpc) is 3.26. The van der Waals surface area contributed by atoms with Crippen molar-refractivity contribution in [1.82, 2.24) is 8.68 Å². The summed E-state index contributed by atoms with van der Waals surface area (Å²) >= 11 is 0. The molecule has 0 aliphatic heterocycles. The SMILES string of the molecule is c1ccc2c(OP(n3cccc3)n3cccc3)cccc2c1. The molecule has 0 bridgehead atoms. The van der Waals surface area contributed by atoms with Crippen molar-refractivity contribution >= 4 is 19.2 Å². The van der Waals surface area contributed by atoms with Gasteiger partial charge < -0.3 is 4.52 Å². The quantitative estimate of drug-likeness (QED) is 0.477. The number of benzene rings is 2. The van der Waals surface area contributed by atoms with Crippen LogP contribution in [-0.2, 0) is 0 Å². The Balaban J connectivity index is 1.78. The third kappa shape index (κ3) is 2.40. The molecule has 0 unspecified atom stereocenters. The van der Waals surface area contributed by atoms with Gasteiger partial charge in [-0.1, -0.05) is 36.4 Å². The number of fused-ring (bicyclic) bond motifs is 1. The first-order valence-electron chi connectivity index (χ1n) is 7.14. The lowest BCUT2D eigenvalue weighted by atomic mass is 10.1. The van der Waals surface area contributed by atoms with Crippen molar-refractivity contribution in [1.29, 1.82) is 0 Å². The Kier molecular flexibility index (Phi) is 3.42. The van der Waals surface area contributed by atoms with Crippen LogP contribution in [0.15, 0.2) is 91.5 Å². The van der Waals surface area contributed by atoms with E-state index >= 15 is 0 Å². The molecular weight excluding hydrogens is 291 g/mol. The number of rotatable bonds is 4. The summed E-state index contributed by atoms with van der Waals surface area (Å²) in [6.07, 6.45) is 8.15. The van der Waals surface area contributed by atoms with Crippen LogP contribution < -0.4 is 4.52 Å². The number of hydrogen-bond donors (Lipinski definition) is 0. The fourth-order valence-electron chi connectivity index (χ4n) is 2.46. The highest BCUT2D eigenvalue weighted by Crippen LogP contribution is 2.43. The molecule has 4 aromatic rings. The third-order valence-electron chi connectivity index (χ3n) is 3.50. The van der Waals surface area contributed by atoms with Crippen LogP contribution in [0, 0.1) is 0 Å². The van der Waals surface area contributed by atoms with Crippen molar-refractivity contribution in [2.24, 2.45) is 0 Å². The fraction of sp³-hybridized carbons (Fsp3) is 0. The van der Waals surface area contributed by atoms with Gasteiger partial charge >= 0.3 is 8.45 Å². The summed E-state index contributed by atoms with van der Waals surface area (Å²) in [5.41, 5.74) is 0. The second-order valence-corrected chi connectivity index (χ2v) is 6.56. The molecule has 2 heterocycles. The van der Waals surface area contributed by atoms with Gasteiger partial charge in [0.1, 0.15) is 5.75 Å². The lowest BCUT2D eigenvalue weighted by Crippen LogP contribution is -2.03. The molecule has 3 nitrogen and oxygen atoms in total. The first-order chi connectivity index (χ1) is 10.9. The summed E-state index contributed by atoms with van der Waals surface area (Å²) in [6.45, 7) is 0. The molecule has 0 aliphatic carbocycles. The van der Waals surface area contributed by atoms with E-state index in [2.05, 4.69) is 26.9 Å². The summed E-state index contributed by atoms with van der Waals surface area (Å²) in [4.78, 5) is 0. The highest BCUT2D eigenvalue weighted by molar-refractivity contribution is 7.49. The molecule has 0 atom stereocenters. The summed E-state index contributed by atoms with van der Waals surface area (Å²) < 4.78 is 10.6. The summed E-state index contributed by atoms with van der Waals surface area (Å²) in [5, 5.41) is 2.33. The van der Waals surface area contributed by atoms with E-state index in [1.165, 1.54) is 5.39 Å². The number of hydrogen-bond acceptors (Lipinski definition) is 1. The molecule has 0 fully saturated rings. The van der Waals surface area contributed by atoms with Crippen molar-refractivity contribution in [2.45, 2.75) is 0 Å². The highest BCUT2D eigenvalue weighted by Gasteiger charge is 2.16. The summed E-state index contributed by atoms with van der Waals surface area (Å²) in [7, 11) is -0.993. The van der Waals surface area contributed by atoms with Gasteiger partial charge in [0, 0.05) is 30.2 Å². The minimum atomic E-state index is -0.993. The van der Waals surface area contributed by atoms with Gasteiger partial charge in [-0.3, -0.25) is 8.68 Å². The van der Waals surface area contributed by atoms with Crippen LogP contribution in [-0.4, -0.2) is 8.68 Å². The molecule has 0 spiro atoms. The van der Waals surface area contributed by atoms with Crippen LogP contribution in [0.25, 0.3) is 10.8 Å². The Morgan fingerprint density at radius 3 is 1.91 bits per heavy atom. The number of aromatic nitrogens is 2.